The smallest absolute Gasteiger partial charge is 0.303 e. The van der Waals surface area contributed by atoms with Crippen molar-refractivity contribution in [1.82, 2.24) is 0 Å². The minimum Gasteiger partial charge on any atom is -0.481 e. The van der Waals surface area contributed by atoms with Crippen LogP contribution in [0.2, 0.25) is 0 Å². The van der Waals surface area contributed by atoms with Gasteiger partial charge in [-0.05, 0) is 49.5 Å². The zero-order chi connectivity index (χ0) is 9.47. The molecule has 2 rings (SSSR count). The molecule has 0 aliphatic heterocycles. The zero-order valence-electron chi connectivity index (χ0n) is 8.24. The molecule has 2 atom stereocenters. The van der Waals surface area contributed by atoms with Crippen LogP contribution in [0.1, 0.15) is 32.1 Å². The number of nitrogens with two attached hydrogens (primary N) is 1. The average molecular weight is 220 g/mol. The number of rotatable bonds is 3. The normalized spacial score (nSPS) is 32.6. The van der Waals surface area contributed by atoms with E-state index in [-0.39, 0.29) is 24.2 Å². The Morgan fingerprint density at radius 3 is 2.14 bits per heavy atom. The van der Waals surface area contributed by atoms with E-state index < -0.39 is 5.97 Å². The summed E-state index contributed by atoms with van der Waals surface area (Å²) in [5, 5.41) is 8.81. The van der Waals surface area contributed by atoms with E-state index >= 15 is 0 Å². The van der Waals surface area contributed by atoms with Gasteiger partial charge in [-0.2, -0.15) is 0 Å². The van der Waals surface area contributed by atoms with Gasteiger partial charge in [-0.15, -0.1) is 12.4 Å². The Labute approximate surface area is 90.5 Å². The van der Waals surface area contributed by atoms with Gasteiger partial charge < -0.3 is 10.8 Å². The number of fused-ring (bicyclic) bond motifs is 1. The van der Waals surface area contributed by atoms with Crippen LogP contribution < -0.4 is 5.73 Å². The van der Waals surface area contributed by atoms with Crippen LogP contribution in [0.25, 0.3) is 0 Å². The first-order chi connectivity index (χ1) is 6.15. The van der Waals surface area contributed by atoms with Gasteiger partial charge in [0.15, 0.2) is 0 Å². The molecule has 0 aromatic heterocycles. The standard InChI is InChI=1S/C10H17NO2.ClH/c11-6-10(5-9(12)13)3-7-1-2-8(7)4-10;/h7-8H,1-6,11H2,(H,12,13);1H/t7-,8-;/m0./s1. The summed E-state index contributed by atoms with van der Waals surface area (Å²) in [7, 11) is 0. The summed E-state index contributed by atoms with van der Waals surface area (Å²) in [4.78, 5) is 10.7. The summed E-state index contributed by atoms with van der Waals surface area (Å²) in [6.45, 7) is 0.548. The van der Waals surface area contributed by atoms with Crippen molar-refractivity contribution in [2.24, 2.45) is 23.0 Å². The van der Waals surface area contributed by atoms with Crippen LogP contribution in [-0.4, -0.2) is 17.6 Å². The maximum Gasteiger partial charge on any atom is 0.303 e. The molecule has 2 fully saturated rings. The van der Waals surface area contributed by atoms with Gasteiger partial charge in [-0.1, -0.05) is 0 Å². The second-order valence-corrected chi connectivity index (χ2v) is 4.78. The lowest BCUT2D eigenvalue weighted by molar-refractivity contribution is -0.139. The van der Waals surface area contributed by atoms with Gasteiger partial charge in [0.05, 0.1) is 6.42 Å². The highest BCUT2D eigenvalue weighted by Crippen LogP contribution is 2.56. The molecule has 0 bridgehead atoms. The van der Waals surface area contributed by atoms with Gasteiger partial charge in [-0.25, -0.2) is 0 Å². The molecule has 2 aliphatic carbocycles. The van der Waals surface area contributed by atoms with Crippen molar-refractivity contribution >= 4 is 18.4 Å². The van der Waals surface area contributed by atoms with Gasteiger partial charge in [0.1, 0.15) is 0 Å². The number of carbonyl (C=O) groups is 1. The van der Waals surface area contributed by atoms with Crippen LogP contribution in [-0.2, 0) is 4.79 Å². The fourth-order valence-electron chi connectivity index (χ4n) is 3.08. The van der Waals surface area contributed by atoms with Crippen molar-refractivity contribution in [3.05, 3.63) is 0 Å². The molecule has 2 saturated carbocycles. The molecule has 82 valence electrons. The predicted octanol–water partition coefficient (Wildman–Crippen LogP) is 1.65. The first-order valence-electron chi connectivity index (χ1n) is 5.07. The Bertz CT molecular complexity index is 220. The van der Waals surface area contributed by atoms with E-state index in [4.69, 9.17) is 10.8 Å². The molecule has 3 N–H and O–H groups in total. The Morgan fingerprint density at radius 2 is 1.86 bits per heavy atom. The van der Waals surface area contributed by atoms with Crippen LogP contribution in [0.3, 0.4) is 0 Å². The van der Waals surface area contributed by atoms with E-state index in [0.717, 1.165) is 24.7 Å². The zero-order valence-corrected chi connectivity index (χ0v) is 9.05. The third kappa shape index (κ3) is 1.89. The van der Waals surface area contributed by atoms with E-state index in [2.05, 4.69) is 0 Å². The molecule has 0 aromatic carbocycles. The van der Waals surface area contributed by atoms with Crippen molar-refractivity contribution < 1.29 is 9.90 Å². The van der Waals surface area contributed by atoms with Crippen LogP contribution >= 0.6 is 12.4 Å². The topological polar surface area (TPSA) is 63.3 Å². The van der Waals surface area contributed by atoms with Crippen molar-refractivity contribution in [3.63, 3.8) is 0 Å². The van der Waals surface area contributed by atoms with Crippen LogP contribution in [0, 0.1) is 17.3 Å². The number of aliphatic carboxylic acids is 1. The third-order valence-electron chi connectivity index (χ3n) is 3.92. The summed E-state index contributed by atoms with van der Waals surface area (Å²) in [6, 6.07) is 0. The van der Waals surface area contributed by atoms with E-state index in [1.807, 2.05) is 0 Å². The molecule has 0 saturated heterocycles. The van der Waals surface area contributed by atoms with Gasteiger partial charge in [0.2, 0.25) is 0 Å². The summed E-state index contributed by atoms with van der Waals surface area (Å²) >= 11 is 0. The molecule has 0 spiro atoms. The highest BCUT2D eigenvalue weighted by atomic mass is 35.5. The predicted molar refractivity (Wildman–Crippen MR) is 56.4 cm³/mol. The van der Waals surface area contributed by atoms with Crippen LogP contribution in [0.15, 0.2) is 0 Å². The monoisotopic (exact) mass is 219 g/mol. The molecule has 3 nitrogen and oxygen atoms in total. The average Bonchev–Trinajstić information content (AvgIpc) is 2.28. The van der Waals surface area contributed by atoms with E-state index in [0.29, 0.717) is 6.54 Å². The number of carboxylic acids is 1. The van der Waals surface area contributed by atoms with Gasteiger partial charge in [0.25, 0.3) is 0 Å². The second kappa shape index (κ2) is 4.07. The first kappa shape index (κ1) is 11.8. The van der Waals surface area contributed by atoms with Gasteiger partial charge in [-0.3, -0.25) is 4.79 Å². The lowest BCUT2D eigenvalue weighted by Gasteiger charge is -2.29. The Kier molecular flexibility index (Phi) is 3.43. The highest BCUT2D eigenvalue weighted by molar-refractivity contribution is 5.85. The number of hydrogen-bond acceptors (Lipinski definition) is 2. The fraction of sp³-hybridized carbons (Fsp3) is 0.900. The van der Waals surface area contributed by atoms with Crippen molar-refractivity contribution in [2.45, 2.75) is 32.1 Å². The lowest BCUT2D eigenvalue weighted by atomic mass is 9.77. The van der Waals surface area contributed by atoms with E-state index in [9.17, 15) is 4.79 Å². The summed E-state index contributed by atoms with van der Waals surface area (Å²) in [5.74, 6) is 0.901. The first-order valence-corrected chi connectivity index (χ1v) is 5.07. The largest absolute Gasteiger partial charge is 0.481 e. The number of carboxylic acid groups (broad SMARTS) is 1. The lowest BCUT2D eigenvalue weighted by Crippen LogP contribution is -2.30. The van der Waals surface area contributed by atoms with E-state index in [1.165, 1.54) is 12.8 Å². The van der Waals surface area contributed by atoms with Crippen molar-refractivity contribution in [3.8, 4) is 0 Å². The molecule has 4 heteroatoms. The molecule has 0 unspecified atom stereocenters. The maximum absolute atomic E-state index is 10.7. The number of hydrogen-bond donors (Lipinski definition) is 2. The fourth-order valence-corrected chi connectivity index (χ4v) is 3.08. The van der Waals surface area contributed by atoms with Gasteiger partial charge in [0, 0.05) is 0 Å². The molecular weight excluding hydrogens is 202 g/mol. The Morgan fingerprint density at radius 1 is 1.36 bits per heavy atom. The van der Waals surface area contributed by atoms with E-state index in [1.54, 1.807) is 0 Å². The highest BCUT2D eigenvalue weighted by Gasteiger charge is 2.49. The molecule has 2 aliphatic rings. The van der Waals surface area contributed by atoms with Crippen LogP contribution in [0.4, 0.5) is 0 Å². The Balaban J connectivity index is 0.000000980. The summed E-state index contributed by atoms with van der Waals surface area (Å²) in [5.41, 5.74) is 5.65. The quantitative estimate of drug-likeness (QED) is 0.759. The third-order valence-corrected chi connectivity index (χ3v) is 3.92. The minimum atomic E-state index is -0.688. The summed E-state index contributed by atoms with van der Waals surface area (Å²) in [6.07, 6.45) is 4.98. The molecule has 14 heavy (non-hydrogen) atoms. The molecule has 0 aromatic rings. The van der Waals surface area contributed by atoms with Crippen LogP contribution in [0.5, 0.6) is 0 Å². The minimum absolute atomic E-state index is 0. The Hall–Kier alpha value is -0.280. The number of halogens is 1. The van der Waals surface area contributed by atoms with Gasteiger partial charge >= 0.3 is 5.97 Å². The molecule has 0 radical (unpaired) electrons. The second-order valence-electron chi connectivity index (χ2n) is 4.78. The summed E-state index contributed by atoms with van der Waals surface area (Å²) < 4.78 is 0. The van der Waals surface area contributed by atoms with Crippen molar-refractivity contribution in [1.29, 1.82) is 0 Å². The molecule has 0 heterocycles. The molecular formula is C10H18ClNO2. The molecule has 0 amide bonds. The maximum atomic E-state index is 10.7. The SMILES string of the molecule is Cl.NCC1(CC(=O)O)C[C@@H]2CC[C@H]2C1. The van der Waals surface area contributed by atoms with Crippen molar-refractivity contribution in [2.75, 3.05) is 6.54 Å².